The van der Waals surface area contributed by atoms with Crippen molar-refractivity contribution in [1.82, 2.24) is 10.3 Å². The van der Waals surface area contributed by atoms with Crippen LogP contribution in [0.2, 0.25) is 5.02 Å². The Bertz CT molecular complexity index is 1190. The number of rotatable bonds is 6. The maximum absolute atomic E-state index is 13.1. The number of amides is 2. The van der Waals surface area contributed by atoms with Crippen LogP contribution in [0.4, 0.5) is 24.0 Å². The van der Waals surface area contributed by atoms with E-state index in [2.05, 4.69) is 10.3 Å². The number of carbonyl (C=O) groups is 2. The van der Waals surface area contributed by atoms with Gasteiger partial charge < -0.3 is 5.32 Å². The minimum atomic E-state index is -4.54. The maximum Gasteiger partial charge on any atom is 0.416 e. The molecule has 1 atom stereocenters. The summed E-state index contributed by atoms with van der Waals surface area (Å²) in [5, 5.41) is 5.12. The van der Waals surface area contributed by atoms with Crippen LogP contribution in [0, 0.1) is 0 Å². The molecule has 0 fully saturated rings. The first-order valence-electron chi connectivity index (χ1n) is 9.72. The van der Waals surface area contributed by atoms with E-state index in [1.807, 2.05) is 12.1 Å². The van der Waals surface area contributed by atoms with Crippen molar-refractivity contribution in [3.8, 4) is 0 Å². The average molecular weight is 494 g/mol. The van der Waals surface area contributed by atoms with Crippen molar-refractivity contribution in [2.45, 2.75) is 26.1 Å². The van der Waals surface area contributed by atoms with Gasteiger partial charge in [-0.3, -0.25) is 14.5 Å². The van der Waals surface area contributed by atoms with E-state index >= 15 is 0 Å². The van der Waals surface area contributed by atoms with Crippen LogP contribution in [0.25, 0.3) is 6.08 Å². The largest absolute Gasteiger partial charge is 0.416 e. The molecule has 1 unspecified atom stereocenters. The molecule has 10 heteroatoms. The normalized spacial score (nSPS) is 12.5. The second-order valence-corrected chi connectivity index (χ2v) is 8.29. The van der Waals surface area contributed by atoms with Gasteiger partial charge in [0.2, 0.25) is 11.8 Å². The Balaban J connectivity index is 1.75. The number of nitrogens with zero attached hydrogens (tertiary/aromatic N) is 2. The monoisotopic (exact) mass is 493 g/mol. The fourth-order valence-corrected chi connectivity index (χ4v) is 4.18. The summed E-state index contributed by atoms with van der Waals surface area (Å²) >= 11 is 7.22. The van der Waals surface area contributed by atoms with Crippen LogP contribution in [0.1, 0.15) is 36.7 Å². The highest BCUT2D eigenvalue weighted by molar-refractivity contribution is 7.14. The van der Waals surface area contributed by atoms with E-state index in [0.717, 1.165) is 33.9 Å². The van der Waals surface area contributed by atoms with Crippen molar-refractivity contribution in [2.75, 3.05) is 4.90 Å². The Labute approximate surface area is 197 Å². The van der Waals surface area contributed by atoms with E-state index in [0.29, 0.717) is 10.7 Å². The van der Waals surface area contributed by atoms with Crippen LogP contribution in [-0.4, -0.2) is 16.8 Å². The smallest absolute Gasteiger partial charge is 0.346 e. The zero-order valence-electron chi connectivity index (χ0n) is 17.6. The minimum absolute atomic E-state index is 0.0495. The highest BCUT2D eigenvalue weighted by Crippen LogP contribution is 2.35. The van der Waals surface area contributed by atoms with Crippen molar-refractivity contribution in [3.05, 3.63) is 81.8 Å². The van der Waals surface area contributed by atoms with Gasteiger partial charge in [0.05, 0.1) is 23.0 Å². The lowest BCUT2D eigenvalue weighted by molar-refractivity contribution is -0.137. The molecular formula is C23H19ClF3N3O2S. The number of halogens is 4. The molecule has 2 aromatic carbocycles. The summed E-state index contributed by atoms with van der Waals surface area (Å²) in [5.41, 5.74) is 0.338. The number of carbonyl (C=O) groups excluding carboxylic acids is 2. The van der Waals surface area contributed by atoms with Gasteiger partial charge in [0, 0.05) is 23.4 Å². The SMILES string of the molecule is CC(=O)N(c1cccc(C(F)(F)F)c1)c1nc(/C=C/C(=O)NC(C)c2ccccc2Cl)cs1. The number of hydrogen-bond donors (Lipinski definition) is 1. The van der Waals surface area contributed by atoms with E-state index < -0.39 is 17.6 Å². The van der Waals surface area contributed by atoms with Crippen molar-refractivity contribution >= 4 is 51.6 Å². The summed E-state index contributed by atoms with van der Waals surface area (Å²) < 4.78 is 39.2. The van der Waals surface area contributed by atoms with Gasteiger partial charge >= 0.3 is 6.18 Å². The summed E-state index contributed by atoms with van der Waals surface area (Å²) in [6.07, 6.45) is -1.79. The zero-order valence-corrected chi connectivity index (χ0v) is 19.1. The van der Waals surface area contributed by atoms with Crippen molar-refractivity contribution < 1.29 is 22.8 Å². The van der Waals surface area contributed by atoms with Crippen molar-refractivity contribution in [2.24, 2.45) is 0 Å². The van der Waals surface area contributed by atoms with E-state index in [1.165, 1.54) is 31.2 Å². The van der Waals surface area contributed by atoms with Crippen LogP contribution < -0.4 is 10.2 Å². The molecule has 1 heterocycles. The van der Waals surface area contributed by atoms with E-state index in [-0.39, 0.29) is 22.8 Å². The second-order valence-electron chi connectivity index (χ2n) is 7.04. The fraction of sp³-hybridized carbons (Fsp3) is 0.174. The third-order valence-electron chi connectivity index (χ3n) is 4.58. The molecule has 172 valence electrons. The summed E-state index contributed by atoms with van der Waals surface area (Å²) in [4.78, 5) is 29.8. The Morgan fingerprint density at radius 2 is 1.91 bits per heavy atom. The number of aromatic nitrogens is 1. The van der Waals surface area contributed by atoms with Crippen LogP contribution >= 0.6 is 22.9 Å². The molecule has 3 aromatic rings. The van der Waals surface area contributed by atoms with E-state index in [1.54, 1.807) is 24.4 Å². The van der Waals surface area contributed by atoms with Gasteiger partial charge in [-0.1, -0.05) is 35.9 Å². The Hall–Kier alpha value is -3.17. The lowest BCUT2D eigenvalue weighted by Gasteiger charge is -2.19. The third-order valence-corrected chi connectivity index (χ3v) is 5.77. The molecule has 0 aliphatic heterocycles. The van der Waals surface area contributed by atoms with Gasteiger partial charge in [-0.05, 0) is 42.8 Å². The van der Waals surface area contributed by atoms with Crippen LogP contribution in [-0.2, 0) is 15.8 Å². The van der Waals surface area contributed by atoms with E-state index in [9.17, 15) is 22.8 Å². The molecule has 33 heavy (non-hydrogen) atoms. The van der Waals surface area contributed by atoms with Gasteiger partial charge in [-0.25, -0.2) is 4.98 Å². The maximum atomic E-state index is 13.1. The topological polar surface area (TPSA) is 62.3 Å². The average Bonchev–Trinajstić information content (AvgIpc) is 3.20. The molecule has 0 radical (unpaired) electrons. The number of thiazole rings is 1. The highest BCUT2D eigenvalue weighted by atomic mass is 35.5. The van der Waals surface area contributed by atoms with Crippen LogP contribution in [0.3, 0.4) is 0 Å². The molecule has 2 amide bonds. The molecular weight excluding hydrogens is 475 g/mol. The predicted octanol–water partition coefficient (Wildman–Crippen LogP) is 6.39. The van der Waals surface area contributed by atoms with Gasteiger partial charge in [0.15, 0.2) is 5.13 Å². The first kappa shape index (κ1) is 24.5. The third kappa shape index (κ3) is 6.21. The molecule has 1 N–H and O–H groups in total. The molecule has 0 aliphatic carbocycles. The standard InChI is InChI=1S/C23H19ClF3N3O2S/c1-14(19-8-3-4-9-20(19)24)28-21(32)11-10-17-13-33-22(29-17)30(15(2)31)18-7-5-6-16(12-18)23(25,26)27/h3-14H,1-2H3,(H,28,32)/b11-10+. The fourth-order valence-electron chi connectivity index (χ4n) is 3.03. The predicted molar refractivity (Wildman–Crippen MR) is 123 cm³/mol. The Morgan fingerprint density at radius 1 is 1.18 bits per heavy atom. The summed E-state index contributed by atoms with van der Waals surface area (Å²) in [7, 11) is 0. The summed E-state index contributed by atoms with van der Waals surface area (Å²) in [5.74, 6) is -0.871. The second kappa shape index (κ2) is 10.2. The Kier molecular flexibility index (Phi) is 7.55. The number of benzene rings is 2. The van der Waals surface area contributed by atoms with Gasteiger partial charge in [0.1, 0.15) is 0 Å². The van der Waals surface area contributed by atoms with E-state index in [4.69, 9.17) is 11.6 Å². The number of hydrogen-bond acceptors (Lipinski definition) is 4. The van der Waals surface area contributed by atoms with Gasteiger partial charge in [-0.2, -0.15) is 13.2 Å². The zero-order chi connectivity index (χ0) is 24.2. The first-order chi connectivity index (χ1) is 15.6. The molecule has 0 bridgehead atoms. The summed E-state index contributed by atoms with van der Waals surface area (Å²) in [6.45, 7) is 3.04. The lowest BCUT2D eigenvalue weighted by atomic mass is 10.1. The number of alkyl halides is 3. The lowest BCUT2D eigenvalue weighted by Crippen LogP contribution is -2.24. The first-order valence-corrected chi connectivity index (χ1v) is 11.0. The van der Waals surface area contributed by atoms with Gasteiger partial charge in [-0.15, -0.1) is 11.3 Å². The Morgan fingerprint density at radius 3 is 2.58 bits per heavy atom. The summed E-state index contributed by atoms with van der Waals surface area (Å²) in [6, 6.07) is 11.3. The van der Waals surface area contributed by atoms with Crippen molar-refractivity contribution in [3.63, 3.8) is 0 Å². The molecule has 0 aliphatic rings. The van der Waals surface area contributed by atoms with Crippen LogP contribution in [0.5, 0.6) is 0 Å². The number of anilines is 2. The minimum Gasteiger partial charge on any atom is -0.346 e. The molecule has 3 rings (SSSR count). The number of nitrogens with one attached hydrogen (secondary N) is 1. The van der Waals surface area contributed by atoms with Crippen LogP contribution in [0.15, 0.2) is 60.0 Å². The molecule has 0 saturated heterocycles. The molecule has 5 nitrogen and oxygen atoms in total. The molecule has 0 spiro atoms. The van der Waals surface area contributed by atoms with Gasteiger partial charge in [0.25, 0.3) is 0 Å². The molecule has 0 saturated carbocycles. The van der Waals surface area contributed by atoms with Crippen molar-refractivity contribution in [1.29, 1.82) is 0 Å². The quantitative estimate of drug-likeness (QED) is 0.405. The highest BCUT2D eigenvalue weighted by Gasteiger charge is 2.31. The molecule has 1 aromatic heterocycles.